The summed E-state index contributed by atoms with van der Waals surface area (Å²) in [7, 11) is 0. The molecule has 2 rings (SSSR count). The van der Waals surface area contributed by atoms with E-state index < -0.39 is 11.5 Å². The first kappa shape index (κ1) is 13.4. The van der Waals surface area contributed by atoms with Crippen LogP contribution in [0.4, 0.5) is 0 Å². The molecule has 1 aliphatic rings. The Morgan fingerprint density at radius 1 is 1.33 bits per heavy atom. The molecule has 0 aromatic heterocycles. The van der Waals surface area contributed by atoms with Crippen LogP contribution in [0, 0.1) is 0 Å². The Labute approximate surface area is 112 Å². The lowest BCUT2D eigenvalue weighted by Gasteiger charge is -2.38. The molecule has 3 nitrogen and oxygen atoms in total. The number of hydrogen-bond donors (Lipinski definition) is 1. The van der Waals surface area contributed by atoms with Crippen LogP contribution in [0.3, 0.4) is 0 Å². The maximum absolute atomic E-state index is 11.2. The molecule has 1 aromatic rings. The van der Waals surface area contributed by atoms with Crippen LogP contribution in [0.5, 0.6) is 0 Å². The van der Waals surface area contributed by atoms with Gasteiger partial charge < -0.3 is 5.11 Å². The number of carboxylic acid groups (broad SMARTS) is 1. The molecule has 98 valence electrons. The molecule has 1 fully saturated rings. The zero-order valence-corrected chi connectivity index (χ0v) is 11.3. The van der Waals surface area contributed by atoms with E-state index in [0.717, 1.165) is 31.5 Å². The maximum atomic E-state index is 11.2. The van der Waals surface area contributed by atoms with Crippen molar-refractivity contribution in [2.75, 3.05) is 13.1 Å². The largest absolute Gasteiger partial charge is 0.481 e. The second-order valence-corrected chi connectivity index (χ2v) is 5.48. The van der Waals surface area contributed by atoms with Crippen molar-refractivity contribution in [2.24, 2.45) is 0 Å². The minimum absolute atomic E-state index is 0.120. The third-order valence-electron chi connectivity index (χ3n) is 3.77. The van der Waals surface area contributed by atoms with Crippen molar-refractivity contribution >= 4 is 17.6 Å². The minimum atomic E-state index is -0.764. The first-order chi connectivity index (χ1) is 8.52. The number of likely N-dealkylation sites (tertiary alicyclic amines) is 1. The summed E-state index contributed by atoms with van der Waals surface area (Å²) < 4.78 is 0. The van der Waals surface area contributed by atoms with Gasteiger partial charge in [0.05, 0.1) is 12.0 Å². The normalized spacial score (nSPS) is 19.7. The number of aliphatic carboxylic acids is 1. The number of benzene rings is 1. The van der Waals surface area contributed by atoms with Crippen LogP contribution in [-0.4, -0.2) is 29.1 Å². The van der Waals surface area contributed by atoms with Crippen molar-refractivity contribution in [1.29, 1.82) is 0 Å². The predicted molar refractivity (Wildman–Crippen MR) is 71.9 cm³/mol. The second-order valence-electron chi connectivity index (χ2n) is 5.05. The fourth-order valence-corrected chi connectivity index (χ4v) is 2.84. The molecule has 18 heavy (non-hydrogen) atoms. The minimum Gasteiger partial charge on any atom is -0.481 e. The van der Waals surface area contributed by atoms with Gasteiger partial charge in [0.1, 0.15) is 0 Å². The highest BCUT2D eigenvalue weighted by Gasteiger charge is 2.37. The molecule has 0 amide bonds. The molecule has 0 radical (unpaired) electrons. The molecule has 1 unspecified atom stereocenters. The molecule has 1 aliphatic heterocycles. The summed E-state index contributed by atoms with van der Waals surface area (Å²) in [6.45, 7) is 3.94. The standard InChI is InChI=1S/C14H18ClNO2/c1-14(10-13(17)18,16-8-2-3-9-16)11-4-6-12(15)7-5-11/h4-7H,2-3,8-10H2,1H3,(H,17,18). The van der Waals surface area contributed by atoms with E-state index in [9.17, 15) is 9.90 Å². The summed E-state index contributed by atoms with van der Waals surface area (Å²) in [4.78, 5) is 13.4. The molecule has 0 bridgehead atoms. The van der Waals surface area contributed by atoms with Gasteiger partial charge in [-0.1, -0.05) is 23.7 Å². The van der Waals surface area contributed by atoms with Crippen LogP contribution >= 0.6 is 11.6 Å². The van der Waals surface area contributed by atoms with E-state index in [1.165, 1.54) is 0 Å². The maximum Gasteiger partial charge on any atom is 0.305 e. The molecule has 0 aliphatic carbocycles. The van der Waals surface area contributed by atoms with Gasteiger partial charge >= 0.3 is 5.97 Å². The highest BCUT2D eigenvalue weighted by Crippen LogP contribution is 2.35. The van der Waals surface area contributed by atoms with Crippen LogP contribution in [0.1, 0.15) is 31.7 Å². The Hall–Kier alpha value is -1.06. The van der Waals surface area contributed by atoms with Gasteiger partial charge in [-0.05, 0) is 50.6 Å². The third kappa shape index (κ3) is 2.68. The van der Waals surface area contributed by atoms with Crippen LogP contribution < -0.4 is 0 Å². The molecule has 0 saturated carbocycles. The number of carbonyl (C=O) groups is 1. The Morgan fingerprint density at radius 2 is 1.89 bits per heavy atom. The molecule has 1 atom stereocenters. The Kier molecular flexibility index (Phi) is 3.93. The zero-order chi connectivity index (χ0) is 13.2. The van der Waals surface area contributed by atoms with Crippen LogP contribution in [0.15, 0.2) is 24.3 Å². The number of hydrogen-bond acceptors (Lipinski definition) is 2. The molecule has 0 spiro atoms. The van der Waals surface area contributed by atoms with Crippen molar-refractivity contribution in [3.05, 3.63) is 34.9 Å². The summed E-state index contributed by atoms with van der Waals surface area (Å²) in [5, 5.41) is 9.85. The fourth-order valence-electron chi connectivity index (χ4n) is 2.71. The second kappa shape index (κ2) is 5.29. The molecular formula is C14H18ClNO2. The number of carboxylic acids is 1. The SMILES string of the molecule is CC(CC(=O)O)(c1ccc(Cl)cc1)N1CCCC1. The Bertz CT molecular complexity index is 426. The van der Waals surface area contributed by atoms with E-state index in [1.54, 1.807) is 0 Å². The summed E-state index contributed by atoms with van der Waals surface area (Å²) in [5.74, 6) is -0.764. The summed E-state index contributed by atoms with van der Waals surface area (Å²) in [6.07, 6.45) is 2.40. The fraction of sp³-hybridized carbons (Fsp3) is 0.500. The lowest BCUT2D eigenvalue weighted by atomic mass is 9.87. The smallest absolute Gasteiger partial charge is 0.305 e. The first-order valence-electron chi connectivity index (χ1n) is 6.25. The van der Waals surface area contributed by atoms with Gasteiger partial charge in [-0.25, -0.2) is 0 Å². The van der Waals surface area contributed by atoms with E-state index in [1.807, 2.05) is 31.2 Å². The summed E-state index contributed by atoms with van der Waals surface area (Å²) in [5.41, 5.74) is 0.587. The molecule has 4 heteroatoms. The van der Waals surface area contributed by atoms with Crippen molar-refractivity contribution in [2.45, 2.75) is 31.7 Å². The van der Waals surface area contributed by atoms with E-state index in [4.69, 9.17) is 11.6 Å². The third-order valence-corrected chi connectivity index (χ3v) is 4.02. The summed E-state index contributed by atoms with van der Waals surface area (Å²) >= 11 is 5.90. The van der Waals surface area contributed by atoms with Crippen LogP contribution in [0.2, 0.25) is 5.02 Å². The van der Waals surface area contributed by atoms with E-state index >= 15 is 0 Å². The summed E-state index contributed by atoms with van der Waals surface area (Å²) in [6, 6.07) is 7.52. The van der Waals surface area contributed by atoms with Crippen LogP contribution in [-0.2, 0) is 10.3 Å². The van der Waals surface area contributed by atoms with E-state index in [-0.39, 0.29) is 6.42 Å². The topological polar surface area (TPSA) is 40.5 Å². The molecular weight excluding hydrogens is 250 g/mol. The quantitative estimate of drug-likeness (QED) is 0.911. The molecule has 1 N–H and O–H groups in total. The number of nitrogens with zero attached hydrogens (tertiary/aromatic N) is 1. The van der Waals surface area contributed by atoms with Gasteiger partial charge in [0, 0.05) is 5.02 Å². The zero-order valence-electron chi connectivity index (χ0n) is 10.5. The van der Waals surface area contributed by atoms with Crippen molar-refractivity contribution in [1.82, 2.24) is 4.90 Å². The average Bonchev–Trinajstić information content (AvgIpc) is 2.82. The van der Waals surface area contributed by atoms with Crippen molar-refractivity contribution in [3.8, 4) is 0 Å². The Morgan fingerprint density at radius 3 is 2.39 bits per heavy atom. The number of halogens is 1. The highest BCUT2D eigenvalue weighted by atomic mass is 35.5. The van der Waals surface area contributed by atoms with Gasteiger partial charge in [0.25, 0.3) is 0 Å². The molecule has 1 heterocycles. The van der Waals surface area contributed by atoms with Crippen molar-refractivity contribution < 1.29 is 9.90 Å². The predicted octanol–water partition coefficient (Wildman–Crippen LogP) is 3.13. The number of rotatable bonds is 4. The lowest BCUT2D eigenvalue weighted by Crippen LogP contribution is -2.43. The van der Waals surface area contributed by atoms with E-state index in [0.29, 0.717) is 5.02 Å². The van der Waals surface area contributed by atoms with E-state index in [2.05, 4.69) is 4.90 Å². The average molecular weight is 268 g/mol. The van der Waals surface area contributed by atoms with Gasteiger partial charge in [-0.2, -0.15) is 0 Å². The van der Waals surface area contributed by atoms with Gasteiger partial charge in [-0.15, -0.1) is 0 Å². The first-order valence-corrected chi connectivity index (χ1v) is 6.63. The van der Waals surface area contributed by atoms with Gasteiger partial charge in [0.15, 0.2) is 0 Å². The molecule has 1 saturated heterocycles. The van der Waals surface area contributed by atoms with Crippen LogP contribution in [0.25, 0.3) is 0 Å². The lowest BCUT2D eigenvalue weighted by molar-refractivity contribution is -0.140. The Balaban J connectivity index is 2.33. The monoisotopic (exact) mass is 267 g/mol. The highest BCUT2D eigenvalue weighted by molar-refractivity contribution is 6.30. The van der Waals surface area contributed by atoms with Crippen molar-refractivity contribution in [3.63, 3.8) is 0 Å². The van der Waals surface area contributed by atoms with Gasteiger partial charge in [0.2, 0.25) is 0 Å². The molecule has 1 aromatic carbocycles. The van der Waals surface area contributed by atoms with Gasteiger partial charge in [-0.3, -0.25) is 9.69 Å².